The van der Waals surface area contributed by atoms with Gasteiger partial charge in [0.15, 0.2) is 10.6 Å². The van der Waals surface area contributed by atoms with Crippen molar-refractivity contribution in [2.75, 3.05) is 20.2 Å². The SMILES string of the molecule is COc1ccccc1-c1nnc(C2CCN(C(=O)Cn3c(=O)oc4ccccc43)CC2)s1. The predicted octanol–water partition coefficient (Wildman–Crippen LogP) is 3.53. The predicted molar refractivity (Wildman–Crippen MR) is 121 cm³/mol. The van der Waals surface area contributed by atoms with E-state index >= 15 is 0 Å². The monoisotopic (exact) mass is 450 g/mol. The lowest BCUT2D eigenvalue weighted by molar-refractivity contribution is -0.132. The third-order valence-electron chi connectivity index (χ3n) is 5.84. The number of carbonyl (C=O) groups is 1. The first kappa shape index (κ1) is 20.4. The highest BCUT2D eigenvalue weighted by Crippen LogP contribution is 2.36. The summed E-state index contributed by atoms with van der Waals surface area (Å²) in [5, 5.41) is 10.6. The smallest absolute Gasteiger partial charge is 0.420 e. The van der Waals surface area contributed by atoms with Crippen molar-refractivity contribution in [2.45, 2.75) is 25.3 Å². The van der Waals surface area contributed by atoms with E-state index < -0.39 is 5.76 Å². The summed E-state index contributed by atoms with van der Waals surface area (Å²) < 4.78 is 12.1. The van der Waals surface area contributed by atoms with Crippen LogP contribution in [0.3, 0.4) is 0 Å². The Morgan fingerprint density at radius 1 is 1.12 bits per heavy atom. The van der Waals surface area contributed by atoms with Crippen molar-refractivity contribution >= 4 is 28.3 Å². The Hall–Kier alpha value is -3.46. The number of benzene rings is 2. The van der Waals surface area contributed by atoms with Crippen LogP contribution in [-0.4, -0.2) is 45.8 Å². The summed E-state index contributed by atoms with van der Waals surface area (Å²) in [7, 11) is 1.65. The zero-order valence-electron chi connectivity index (χ0n) is 17.6. The number of rotatable bonds is 5. The summed E-state index contributed by atoms with van der Waals surface area (Å²) >= 11 is 1.58. The van der Waals surface area contributed by atoms with Gasteiger partial charge in [0.05, 0.1) is 18.2 Å². The molecule has 0 aliphatic carbocycles. The zero-order valence-corrected chi connectivity index (χ0v) is 18.4. The number of ether oxygens (including phenoxy) is 1. The van der Waals surface area contributed by atoms with Gasteiger partial charge < -0.3 is 14.1 Å². The lowest BCUT2D eigenvalue weighted by Gasteiger charge is -2.31. The Morgan fingerprint density at radius 2 is 1.88 bits per heavy atom. The molecule has 0 bridgehead atoms. The third kappa shape index (κ3) is 3.80. The van der Waals surface area contributed by atoms with Crippen LogP contribution in [0, 0.1) is 0 Å². The minimum Gasteiger partial charge on any atom is -0.496 e. The number of likely N-dealkylation sites (tertiary alicyclic amines) is 1. The van der Waals surface area contributed by atoms with Crippen LogP contribution in [0.2, 0.25) is 0 Å². The van der Waals surface area contributed by atoms with Crippen molar-refractivity contribution in [3.63, 3.8) is 0 Å². The normalized spacial score (nSPS) is 14.7. The van der Waals surface area contributed by atoms with Crippen LogP contribution < -0.4 is 10.5 Å². The number of hydrogen-bond donors (Lipinski definition) is 0. The summed E-state index contributed by atoms with van der Waals surface area (Å²) in [6, 6.07) is 14.9. The average Bonchev–Trinajstić information content (AvgIpc) is 3.44. The molecule has 4 aromatic rings. The van der Waals surface area contributed by atoms with Gasteiger partial charge in [-0.25, -0.2) is 4.79 Å². The van der Waals surface area contributed by atoms with Gasteiger partial charge in [0, 0.05) is 19.0 Å². The summed E-state index contributed by atoms with van der Waals surface area (Å²) in [4.78, 5) is 26.8. The molecule has 0 saturated carbocycles. The van der Waals surface area contributed by atoms with Gasteiger partial charge in [-0.15, -0.1) is 10.2 Å². The van der Waals surface area contributed by atoms with Crippen molar-refractivity contribution in [3.05, 3.63) is 64.1 Å². The van der Waals surface area contributed by atoms with Crippen LogP contribution in [0.15, 0.2) is 57.7 Å². The molecule has 3 heterocycles. The Bertz CT molecular complexity index is 1320. The van der Waals surface area contributed by atoms with Crippen molar-refractivity contribution in [2.24, 2.45) is 0 Å². The maximum atomic E-state index is 12.8. The second-order valence-corrected chi connectivity index (χ2v) is 8.73. The van der Waals surface area contributed by atoms with Crippen LogP contribution in [0.4, 0.5) is 0 Å². The van der Waals surface area contributed by atoms with Gasteiger partial charge in [-0.2, -0.15) is 0 Å². The number of para-hydroxylation sites is 3. The Morgan fingerprint density at radius 3 is 2.69 bits per heavy atom. The van der Waals surface area contributed by atoms with Crippen LogP contribution in [0.5, 0.6) is 5.75 Å². The van der Waals surface area contributed by atoms with E-state index in [2.05, 4.69) is 10.2 Å². The van der Waals surface area contributed by atoms with Gasteiger partial charge >= 0.3 is 5.76 Å². The molecule has 2 aromatic heterocycles. The average molecular weight is 451 g/mol. The van der Waals surface area contributed by atoms with Crippen molar-refractivity contribution in [1.82, 2.24) is 19.7 Å². The van der Waals surface area contributed by atoms with Crippen LogP contribution in [0.1, 0.15) is 23.8 Å². The fourth-order valence-electron chi connectivity index (χ4n) is 4.10. The zero-order chi connectivity index (χ0) is 22.1. The minimum atomic E-state index is -0.507. The lowest BCUT2D eigenvalue weighted by atomic mass is 9.97. The Kier molecular flexibility index (Phi) is 5.48. The standard InChI is InChI=1S/C23H22N4O4S/c1-30-18-8-4-2-6-16(18)22-25-24-21(32-22)15-10-12-26(13-11-15)20(28)14-27-17-7-3-5-9-19(17)31-23(27)29/h2-9,15H,10-14H2,1H3. The molecule has 8 nitrogen and oxygen atoms in total. The second kappa shape index (κ2) is 8.58. The number of nitrogens with zero attached hydrogens (tertiary/aromatic N) is 4. The van der Waals surface area contributed by atoms with Gasteiger partial charge in [-0.05, 0) is 37.1 Å². The number of amides is 1. The maximum Gasteiger partial charge on any atom is 0.420 e. The van der Waals surface area contributed by atoms with Crippen molar-refractivity contribution in [1.29, 1.82) is 0 Å². The first-order chi connectivity index (χ1) is 15.6. The molecular weight excluding hydrogens is 428 g/mol. The largest absolute Gasteiger partial charge is 0.496 e. The maximum absolute atomic E-state index is 12.8. The second-order valence-electron chi connectivity index (χ2n) is 7.72. The van der Waals surface area contributed by atoms with E-state index in [1.54, 1.807) is 36.6 Å². The summed E-state index contributed by atoms with van der Waals surface area (Å²) in [5.41, 5.74) is 2.06. The molecule has 9 heteroatoms. The van der Waals surface area contributed by atoms with E-state index in [-0.39, 0.29) is 18.4 Å². The molecule has 1 aliphatic rings. The molecule has 0 atom stereocenters. The molecular formula is C23H22N4O4S. The molecule has 0 radical (unpaired) electrons. The summed E-state index contributed by atoms with van der Waals surface area (Å²) in [6.07, 6.45) is 1.63. The fourth-order valence-corrected chi connectivity index (χ4v) is 5.15. The van der Waals surface area contributed by atoms with Gasteiger partial charge in [0.1, 0.15) is 17.3 Å². The quantitative estimate of drug-likeness (QED) is 0.462. The molecule has 1 aliphatic heterocycles. The summed E-state index contributed by atoms with van der Waals surface area (Å²) in [5.74, 6) is 0.450. The third-order valence-corrected chi connectivity index (χ3v) is 6.96. The van der Waals surface area contributed by atoms with Gasteiger partial charge in [0.25, 0.3) is 0 Å². The van der Waals surface area contributed by atoms with Crippen molar-refractivity contribution < 1.29 is 13.9 Å². The van der Waals surface area contributed by atoms with Crippen LogP contribution in [0.25, 0.3) is 21.7 Å². The van der Waals surface area contributed by atoms with Crippen molar-refractivity contribution in [3.8, 4) is 16.3 Å². The Balaban J connectivity index is 1.24. The number of hydrogen-bond acceptors (Lipinski definition) is 7. The highest BCUT2D eigenvalue weighted by atomic mass is 32.1. The topological polar surface area (TPSA) is 90.5 Å². The first-order valence-corrected chi connectivity index (χ1v) is 11.3. The molecule has 0 unspecified atom stereocenters. The fraction of sp³-hybridized carbons (Fsp3) is 0.304. The molecule has 1 saturated heterocycles. The van der Waals surface area contributed by atoms with Crippen LogP contribution >= 0.6 is 11.3 Å². The van der Waals surface area contributed by atoms with Gasteiger partial charge in [-0.3, -0.25) is 9.36 Å². The highest BCUT2D eigenvalue weighted by molar-refractivity contribution is 7.14. The number of fused-ring (bicyclic) bond motifs is 1. The van der Waals surface area contributed by atoms with E-state index in [0.717, 1.165) is 34.2 Å². The Labute approximate surface area is 188 Å². The summed E-state index contributed by atoms with van der Waals surface area (Å²) in [6.45, 7) is 1.23. The van der Waals surface area contributed by atoms with Crippen LogP contribution in [-0.2, 0) is 11.3 Å². The first-order valence-electron chi connectivity index (χ1n) is 10.5. The lowest BCUT2D eigenvalue weighted by Crippen LogP contribution is -2.40. The molecule has 1 amide bonds. The molecule has 5 rings (SSSR count). The highest BCUT2D eigenvalue weighted by Gasteiger charge is 2.27. The number of carbonyl (C=O) groups excluding carboxylic acids is 1. The van der Waals surface area contributed by atoms with E-state index in [4.69, 9.17) is 9.15 Å². The van der Waals surface area contributed by atoms with E-state index in [0.29, 0.717) is 24.2 Å². The van der Waals surface area contributed by atoms with Gasteiger partial charge in [0.2, 0.25) is 5.91 Å². The van der Waals surface area contributed by atoms with E-state index in [1.165, 1.54) is 4.57 Å². The number of methoxy groups -OCH3 is 1. The number of piperidine rings is 1. The molecule has 0 spiro atoms. The molecule has 0 N–H and O–H groups in total. The molecule has 32 heavy (non-hydrogen) atoms. The molecule has 1 fully saturated rings. The number of oxazole rings is 1. The molecule has 164 valence electrons. The minimum absolute atomic E-state index is 0.0166. The van der Waals surface area contributed by atoms with Gasteiger partial charge in [-0.1, -0.05) is 35.6 Å². The van der Waals surface area contributed by atoms with E-state index in [9.17, 15) is 9.59 Å². The number of aromatic nitrogens is 3. The van der Waals surface area contributed by atoms with E-state index in [1.807, 2.05) is 35.2 Å². The molecule has 2 aromatic carbocycles.